The number of carbonyl (C=O) groups excluding carboxylic acids is 1. The number of aryl methyl sites for hydroxylation is 3. The number of thioether (sulfide) groups is 1. The van der Waals surface area contributed by atoms with Crippen molar-refractivity contribution in [2.75, 3.05) is 5.32 Å². The highest BCUT2D eigenvalue weighted by molar-refractivity contribution is 8.00. The van der Waals surface area contributed by atoms with Gasteiger partial charge in [0.2, 0.25) is 5.91 Å². The third-order valence-electron chi connectivity index (χ3n) is 3.81. The molecule has 1 N–H and O–H groups in total. The van der Waals surface area contributed by atoms with Crippen LogP contribution in [0.15, 0.2) is 17.3 Å². The predicted molar refractivity (Wildman–Crippen MR) is 110 cm³/mol. The molecular formula is C17H16Cl2N4OS2. The van der Waals surface area contributed by atoms with Gasteiger partial charge in [-0.3, -0.25) is 4.79 Å². The fourth-order valence-electron chi connectivity index (χ4n) is 2.35. The fourth-order valence-corrected chi connectivity index (χ4v) is 4.97. The summed E-state index contributed by atoms with van der Waals surface area (Å²) < 4.78 is 0. The van der Waals surface area contributed by atoms with Gasteiger partial charge in [0.15, 0.2) is 5.82 Å². The van der Waals surface area contributed by atoms with E-state index in [0.717, 1.165) is 20.8 Å². The molecule has 0 fully saturated rings. The molecule has 0 aromatic carbocycles. The van der Waals surface area contributed by atoms with Crippen molar-refractivity contribution in [1.29, 1.82) is 0 Å². The summed E-state index contributed by atoms with van der Waals surface area (Å²) in [5, 5.41) is 4.89. The zero-order valence-corrected chi connectivity index (χ0v) is 17.7. The summed E-state index contributed by atoms with van der Waals surface area (Å²) >= 11 is 14.9. The van der Waals surface area contributed by atoms with Crippen LogP contribution in [0.5, 0.6) is 0 Å². The Morgan fingerprint density at radius 1 is 1.27 bits per heavy atom. The van der Waals surface area contributed by atoms with Gasteiger partial charge in [-0.25, -0.2) is 15.0 Å². The molecule has 9 heteroatoms. The second kappa shape index (κ2) is 7.68. The smallest absolute Gasteiger partial charge is 0.238 e. The van der Waals surface area contributed by atoms with Gasteiger partial charge < -0.3 is 5.32 Å². The molecule has 136 valence electrons. The first-order chi connectivity index (χ1) is 12.3. The predicted octanol–water partition coefficient (Wildman–Crippen LogP) is 5.44. The molecule has 0 aliphatic heterocycles. The van der Waals surface area contributed by atoms with Crippen LogP contribution < -0.4 is 5.32 Å². The Bertz CT molecular complexity index is 1010. The normalized spacial score (nSPS) is 12.4. The molecule has 0 saturated carbocycles. The number of hydrogen-bond donors (Lipinski definition) is 1. The molecule has 3 aromatic heterocycles. The monoisotopic (exact) mass is 426 g/mol. The molecule has 3 heterocycles. The van der Waals surface area contributed by atoms with Crippen molar-refractivity contribution in [2.24, 2.45) is 0 Å². The topological polar surface area (TPSA) is 67.8 Å². The molecule has 1 amide bonds. The Hall–Kier alpha value is -1.41. The maximum absolute atomic E-state index is 12.6. The average Bonchev–Trinajstić information content (AvgIpc) is 2.84. The van der Waals surface area contributed by atoms with Gasteiger partial charge in [-0.05, 0) is 39.3 Å². The Kier molecular flexibility index (Phi) is 5.72. The maximum atomic E-state index is 12.6. The van der Waals surface area contributed by atoms with Gasteiger partial charge in [0.1, 0.15) is 15.7 Å². The van der Waals surface area contributed by atoms with Crippen molar-refractivity contribution >= 4 is 68.2 Å². The van der Waals surface area contributed by atoms with E-state index in [4.69, 9.17) is 23.2 Å². The number of nitrogens with zero attached hydrogens (tertiary/aromatic N) is 3. The largest absolute Gasteiger partial charge is 0.308 e. The second-order valence-corrected chi connectivity index (χ2v) is 9.15. The average molecular weight is 427 g/mol. The summed E-state index contributed by atoms with van der Waals surface area (Å²) in [4.78, 5) is 27.8. The Morgan fingerprint density at radius 3 is 2.69 bits per heavy atom. The van der Waals surface area contributed by atoms with Crippen molar-refractivity contribution in [3.8, 4) is 0 Å². The summed E-state index contributed by atoms with van der Waals surface area (Å²) in [6, 6.07) is 1.54. The van der Waals surface area contributed by atoms with E-state index in [9.17, 15) is 4.79 Å². The van der Waals surface area contributed by atoms with Crippen LogP contribution in [0.2, 0.25) is 10.0 Å². The van der Waals surface area contributed by atoms with Gasteiger partial charge in [-0.1, -0.05) is 35.0 Å². The molecule has 0 aliphatic rings. The summed E-state index contributed by atoms with van der Waals surface area (Å²) in [6.45, 7) is 7.80. The van der Waals surface area contributed by atoms with Crippen LogP contribution >= 0.6 is 46.3 Å². The number of fused-ring (bicyclic) bond motifs is 1. The first kappa shape index (κ1) is 19.4. The summed E-state index contributed by atoms with van der Waals surface area (Å²) in [5.41, 5.74) is 1.16. The minimum Gasteiger partial charge on any atom is -0.308 e. The van der Waals surface area contributed by atoms with E-state index < -0.39 is 0 Å². The van der Waals surface area contributed by atoms with E-state index in [1.165, 1.54) is 22.8 Å². The van der Waals surface area contributed by atoms with E-state index >= 15 is 0 Å². The van der Waals surface area contributed by atoms with E-state index in [-0.39, 0.29) is 11.2 Å². The number of anilines is 1. The van der Waals surface area contributed by atoms with E-state index in [0.29, 0.717) is 21.7 Å². The lowest BCUT2D eigenvalue weighted by molar-refractivity contribution is -0.115. The van der Waals surface area contributed by atoms with Crippen LogP contribution in [-0.4, -0.2) is 26.1 Å². The number of carbonyl (C=O) groups is 1. The molecule has 1 atom stereocenters. The van der Waals surface area contributed by atoms with Crippen LogP contribution in [0.3, 0.4) is 0 Å². The molecule has 26 heavy (non-hydrogen) atoms. The first-order valence-corrected chi connectivity index (χ1v) is 10.2. The van der Waals surface area contributed by atoms with E-state index in [1.54, 1.807) is 17.4 Å². The van der Waals surface area contributed by atoms with Crippen molar-refractivity contribution in [3.05, 3.63) is 38.6 Å². The van der Waals surface area contributed by atoms with Crippen LogP contribution in [0.25, 0.3) is 10.2 Å². The number of thiophene rings is 1. The van der Waals surface area contributed by atoms with Crippen molar-refractivity contribution < 1.29 is 4.79 Å². The lowest BCUT2D eigenvalue weighted by atomic mass is 10.2. The Morgan fingerprint density at radius 2 is 2.00 bits per heavy atom. The highest BCUT2D eigenvalue weighted by Crippen LogP contribution is 2.36. The highest BCUT2D eigenvalue weighted by Gasteiger charge is 2.21. The number of nitrogens with one attached hydrogen (secondary N) is 1. The SMILES string of the molecule is Cc1nc(SC(C)C(=O)Nc2ncc(Cl)cc2Cl)c2c(C)c(C)sc2n1. The minimum absolute atomic E-state index is 0.208. The molecule has 1 unspecified atom stereocenters. The summed E-state index contributed by atoms with van der Waals surface area (Å²) in [5.74, 6) is 0.775. The highest BCUT2D eigenvalue weighted by atomic mass is 35.5. The fraction of sp³-hybridized carbons (Fsp3) is 0.294. The summed E-state index contributed by atoms with van der Waals surface area (Å²) in [7, 11) is 0. The molecule has 5 nitrogen and oxygen atoms in total. The van der Waals surface area contributed by atoms with Gasteiger partial charge >= 0.3 is 0 Å². The molecule has 3 aromatic rings. The minimum atomic E-state index is -0.388. The van der Waals surface area contributed by atoms with Crippen molar-refractivity contribution in [1.82, 2.24) is 15.0 Å². The van der Waals surface area contributed by atoms with Crippen molar-refractivity contribution in [3.63, 3.8) is 0 Å². The van der Waals surface area contributed by atoms with Crippen LogP contribution in [0, 0.1) is 20.8 Å². The van der Waals surface area contributed by atoms with Gasteiger partial charge in [0.25, 0.3) is 0 Å². The van der Waals surface area contributed by atoms with Gasteiger partial charge in [-0.2, -0.15) is 0 Å². The number of pyridine rings is 1. The Balaban J connectivity index is 1.84. The van der Waals surface area contributed by atoms with Crippen LogP contribution in [-0.2, 0) is 4.79 Å². The van der Waals surface area contributed by atoms with Gasteiger partial charge in [0, 0.05) is 16.5 Å². The number of halogens is 2. The second-order valence-electron chi connectivity index (χ2n) is 5.77. The number of rotatable bonds is 4. The lowest BCUT2D eigenvalue weighted by Gasteiger charge is -2.13. The zero-order valence-electron chi connectivity index (χ0n) is 14.6. The molecular weight excluding hydrogens is 411 g/mol. The number of amides is 1. The molecule has 0 radical (unpaired) electrons. The van der Waals surface area contributed by atoms with Gasteiger partial charge in [0.05, 0.1) is 15.3 Å². The maximum Gasteiger partial charge on any atom is 0.238 e. The molecule has 0 saturated heterocycles. The standard InChI is InChI=1S/C17H16Cl2N4OS2/c1-7-8(2)25-16-13(7)17(22-10(4)21-16)26-9(3)15(24)23-14-12(19)5-11(18)6-20-14/h5-6,9H,1-4H3,(H,20,23,24). The van der Waals surface area contributed by atoms with E-state index in [1.807, 2.05) is 13.8 Å². The van der Waals surface area contributed by atoms with Crippen LogP contribution in [0.1, 0.15) is 23.2 Å². The molecule has 0 bridgehead atoms. The number of aromatic nitrogens is 3. The summed E-state index contributed by atoms with van der Waals surface area (Å²) in [6.07, 6.45) is 1.44. The lowest BCUT2D eigenvalue weighted by Crippen LogP contribution is -2.23. The molecule has 0 spiro atoms. The number of hydrogen-bond acceptors (Lipinski definition) is 6. The first-order valence-electron chi connectivity index (χ1n) is 7.79. The Labute approximate surface area is 169 Å². The van der Waals surface area contributed by atoms with E-state index in [2.05, 4.69) is 34.1 Å². The quantitative estimate of drug-likeness (QED) is 0.444. The molecule has 3 rings (SSSR count). The third-order valence-corrected chi connectivity index (χ3v) is 6.50. The van der Waals surface area contributed by atoms with Crippen molar-refractivity contribution in [2.45, 2.75) is 38.0 Å². The third kappa shape index (κ3) is 3.96. The van der Waals surface area contributed by atoms with Gasteiger partial charge in [-0.15, -0.1) is 11.3 Å². The van der Waals surface area contributed by atoms with Crippen LogP contribution in [0.4, 0.5) is 5.82 Å². The molecule has 0 aliphatic carbocycles. The zero-order chi connectivity index (χ0) is 19.0.